The Bertz CT molecular complexity index is 580. The van der Waals surface area contributed by atoms with Gasteiger partial charge >= 0.3 is 0 Å². The van der Waals surface area contributed by atoms with Gasteiger partial charge in [0.25, 0.3) is 5.91 Å². The van der Waals surface area contributed by atoms with Crippen molar-refractivity contribution in [1.29, 1.82) is 0 Å². The van der Waals surface area contributed by atoms with Crippen molar-refractivity contribution >= 4 is 17.3 Å². The van der Waals surface area contributed by atoms with Crippen molar-refractivity contribution in [1.82, 2.24) is 15.5 Å². The summed E-state index contributed by atoms with van der Waals surface area (Å²) in [5, 5.41) is 6.50. The fraction of sp³-hybridized carbons (Fsp3) is 0.308. The maximum atomic E-state index is 12.2. The predicted octanol–water partition coefficient (Wildman–Crippen LogP) is 0.690. The van der Waals surface area contributed by atoms with Crippen LogP contribution >= 0.6 is 0 Å². The average Bonchev–Trinajstić information content (AvgIpc) is 2.91. The van der Waals surface area contributed by atoms with Crippen LogP contribution in [0.1, 0.15) is 16.2 Å². The van der Waals surface area contributed by atoms with Crippen LogP contribution < -0.4 is 16.0 Å². The van der Waals surface area contributed by atoms with Crippen molar-refractivity contribution in [2.24, 2.45) is 0 Å². The normalized spacial score (nSPS) is 10.3. The van der Waals surface area contributed by atoms with E-state index < -0.39 is 0 Å². The third-order valence-electron chi connectivity index (χ3n) is 2.79. The largest absolute Gasteiger partial charge is 0.399 e. The molecule has 1 aromatic carbocycles. The number of nitrogens with one attached hydrogen (secondary N) is 1. The number of amides is 1. The van der Waals surface area contributed by atoms with Crippen molar-refractivity contribution < 1.29 is 9.32 Å². The Morgan fingerprint density at radius 3 is 2.90 bits per heavy atom. The van der Waals surface area contributed by atoms with Crippen LogP contribution in [0.15, 0.2) is 29.1 Å². The van der Waals surface area contributed by atoms with Crippen molar-refractivity contribution in [2.45, 2.75) is 6.42 Å². The topological polar surface area (TPSA) is 97.3 Å². The highest BCUT2D eigenvalue weighted by molar-refractivity contribution is 6.00. The van der Waals surface area contributed by atoms with Crippen LogP contribution in [0.4, 0.5) is 11.4 Å². The number of aromatic nitrogens is 2. The zero-order valence-corrected chi connectivity index (χ0v) is 11.5. The minimum atomic E-state index is -0.176. The molecule has 0 unspecified atom stereocenters. The summed E-state index contributed by atoms with van der Waals surface area (Å²) in [5.74, 6) is 0.384. The molecule has 0 aliphatic rings. The van der Waals surface area contributed by atoms with E-state index in [0.717, 1.165) is 5.69 Å². The Kier molecular flexibility index (Phi) is 4.19. The Labute approximate surface area is 116 Å². The second kappa shape index (κ2) is 6.05. The van der Waals surface area contributed by atoms with Crippen LogP contribution in [0, 0.1) is 0 Å². The number of hydrogen-bond acceptors (Lipinski definition) is 6. The molecular weight excluding hydrogens is 258 g/mol. The van der Waals surface area contributed by atoms with Crippen LogP contribution in [0.2, 0.25) is 0 Å². The number of benzene rings is 1. The standard InChI is InChI=1S/C13H17N5O2/c1-18(2)11-4-3-9(14)7-10(11)13(19)15-6-5-12-16-8-20-17-12/h3-4,7-8H,5-6,14H2,1-2H3,(H,15,19). The number of rotatable bonds is 5. The number of hydrogen-bond donors (Lipinski definition) is 2. The molecule has 2 aromatic rings. The second-order valence-electron chi connectivity index (χ2n) is 4.52. The van der Waals surface area contributed by atoms with Crippen molar-refractivity contribution in [2.75, 3.05) is 31.3 Å². The zero-order chi connectivity index (χ0) is 14.5. The number of nitrogens with two attached hydrogens (primary N) is 1. The van der Waals surface area contributed by atoms with Crippen LogP contribution in [0.3, 0.4) is 0 Å². The fourth-order valence-corrected chi connectivity index (χ4v) is 1.81. The highest BCUT2D eigenvalue weighted by Gasteiger charge is 2.13. The molecule has 0 aliphatic heterocycles. The Balaban J connectivity index is 2.03. The molecule has 7 heteroatoms. The van der Waals surface area contributed by atoms with Gasteiger partial charge in [-0.25, -0.2) is 0 Å². The van der Waals surface area contributed by atoms with Gasteiger partial charge in [-0.15, -0.1) is 0 Å². The van der Waals surface area contributed by atoms with Crippen LogP contribution in [0.5, 0.6) is 0 Å². The first-order valence-electron chi connectivity index (χ1n) is 6.18. The van der Waals surface area contributed by atoms with Gasteiger partial charge < -0.3 is 20.5 Å². The predicted molar refractivity (Wildman–Crippen MR) is 75.5 cm³/mol. The zero-order valence-electron chi connectivity index (χ0n) is 11.5. The Morgan fingerprint density at radius 2 is 2.25 bits per heavy atom. The molecule has 0 bridgehead atoms. The van der Waals surface area contributed by atoms with Gasteiger partial charge in [0.1, 0.15) is 0 Å². The molecule has 0 spiro atoms. The molecule has 1 heterocycles. The SMILES string of the molecule is CN(C)c1ccc(N)cc1C(=O)NCCc1ncon1. The quantitative estimate of drug-likeness (QED) is 0.779. The van der Waals surface area contributed by atoms with E-state index in [0.29, 0.717) is 30.0 Å². The van der Waals surface area contributed by atoms with Gasteiger partial charge in [-0.3, -0.25) is 4.79 Å². The second-order valence-corrected chi connectivity index (χ2v) is 4.52. The summed E-state index contributed by atoms with van der Waals surface area (Å²) in [6, 6.07) is 5.26. The molecule has 0 saturated carbocycles. The number of carbonyl (C=O) groups excluding carboxylic acids is 1. The number of nitrogens with zero attached hydrogens (tertiary/aromatic N) is 3. The Hall–Kier alpha value is -2.57. The van der Waals surface area contributed by atoms with Gasteiger partial charge in [0.15, 0.2) is 5.82 Å². The molecule has 0 atom stereocenters. The maximum Gasteiger partial charge on any atom is 0.253 e. The van der Waals surface area contributed by atoms with Crippen LogP contribution in [-0.4, -0.2) is 36.7 Å². The molecule has 0 radical (unpaired) electrons. The molecule has 0 aliphatic carbocycles. The van der Waals surface area contributed by atoms with Gasteiger partial charge in [0, 0.05) is 38.4 Å². The van der Waals surface area contributed by atoms with E-state index in [1.54, 1.807) is 12.1 Å². The first kappa shape index (κ1) is 13.9. The Morgan fingerprint density at radius 1 is 1.45 bits per heavy atom. The average molecular weight is 275 g/mol. The summed E-state index contributed by atoms with van der Waals surface area (Å²) < 4.78 is 4.63. The van der Waals surface area contributed by atoms with Crippen molar-refractivity contribution in [3.63, 3.8) is 0 Å². The maximum absolute atomic E-state index is 12.2. The van der Waals surface area contributed by atoms with Gasteiger partial charge in [-0.1, -0.05) is 5.16 Å². The number of nitrogen functional groups attached to an aromatic ring is 1. The van der Waals surface area contributed by atoms with Gasteiger partial charge in [0.05, 0.1) is 5.56 Å². The summed E-state index contributed by atoms with van der Waals surface area (Å²) in [5.41, 5.74) is 7.66. The summed E-state index contributed by atoms with van der Waals surface area (Å²) in [7, 11) is 3.75. The van der Waals surface area contributed by atoms with E-state index in [9.17, 15) is 4.79 Å². The molecule has 0 fully saturated rings. The lowest BCUT2D eigenvalue weighted by molar-refractivity contribution is 0.0954. The van der Waals surface area contributed by atoms with Gasteiger partial charge in [-0.05, 0) is 18.2 Å². The minimum absolute atomic E-state index is 0.176. The first-order chi connectivity index (χ1) is 9.58. The van der Waals surface area contributed by atoms with E-state index in [-0.39, 0.29) is 5.91 Å². The lowest BCUT2D eigenvalue weighted by atomic mass is 10.1. The smallest absolute Gasteiger partial charge is 0.253 e. The molecular formula is C13H17N5O2. The molecule has 7 nitrogen and oxygen atoms in total. The van der Waals surface area contributed by atoms with Gasteiger partial charge in [-0.2, -0.15) is 4.98 Å². The molecule has 0 saturated heterocycles. The molecule has 1 aromatic heterocycles. The van der Waals surface area contributed by atoms with Crippen molar-refractivity contribution in [3.8, 4) is 0 Å². The molecule has 20 heavy (non-hydrogen) atoms. The summed E-state index contributed by atoms with van der Waals surface area (Å²) >= 11 is 0. The molecule has 3 N–H and O–H groups in total. The summed E-state index contributed by atoms with van der Waals surface area (Å²) in [6.07, 6.45) is 1.78. The highest BCUT2D eigenvalue weighted by Crippen LogP contribution is 2.21. The first-order valence-corrected chi connectivity index (χ1v) is 6.18. The number of anilines is 2. The number of carbonyl (C=O) groups is 1. The van der Waals surface area contributed by atoms with E-state index in [1.165, 1.54) is 6.39 Å². The van der Waals surface area contributed by atoms with Crippen molar-refractivity contribution in [3.05, 3.63) is 36.0 Å². The monoisotopic (exact) mass is 275 g/mol. The lowest BCUT2D eigenvalue weighted by Gasteiger charge is -2.17. The molecule has 2 rings (SSSR count). The summed E-state index contributed by atoms with van der Waals surface area (Å²) in [4.78, 5) is 18.0. The van der Waals surface area contributed by atoms with E-state index in [4.69, 9.17) is 5.73 Å². The van der Waals surface area contributed by atoms with E-state index >= 15 is 0 Å². The van der Waals surface area contributed by atoms with Gasteiger partial charge in [0.2, 0.25) is 6.39 Å². The minimum Gasteiger partial charge on any atom is -0.399 e. The summed E-state index contributed by atoms with van der Waals surface area (Å²) in [6.45, 7) is 0.431. The van der Waals surface area contributed by atoms with E-state index in [2.05, 4.69) is 20.0 Å². The third-order valence-corrected chi connectivity index (χ3v) is 2.79. The molecule has 106 valence electrons. The molecule has 1 amide bonds. The van der Waals surface area contributed by atoms with Crippen LogP contribution in [0.25, 0.3) is 0 Å². The van der Waals surface area contributed by atoms with Crippen LogP contribution in [-0.2, 0) is 6.42 Å². The third kappa shape index (κ3) is 3.25. The lowest BCUT2D eigenvalue weighted by Crippen LogP contribution is -2.28. The fourth-order valence-electron chi connectivity index (χ4n) is 1.81. The highest BCUT2D eigenvalue weighted by atomic mass is 16.5. The van der Waals surface area contributed by atoms with E-state index in [1.807, 2.05) is 25.1 Å².